The molecule has 132 valence electrons. The van der Waals surface area contributed by atoms with Crippen molar-refractivity contribution in [1.29, 1.82) is 0 Å². The van der Waals surface area contributed by atoms with Gasteiger partial charge in [-0.2, -0.15) is 0 Å². The molecule has 1 unspecified atom stereocenters. The summed E-state index contributed by atoms with van der Waals surface area (Å²) >= 11 is 0. The topological polar surface area (TPSA) is 41.6 Å². The van der Waals surface area contributed by atoms with Gasteiger partial charge in [-0.15, -0.1) is 0 Å². The molecular weight excluding hydrogens is 314 g/mol. The van der Waals surface area contributed by atoms with Crippen molar-refractivity contribution in [1.82, 2.24) is 10.2 Å². The Morgan fingerprint density at radius 2 is 2.00 bits per heavy atom. The lowest BCUT2D eigenvalue weighted by Gasteiger charge is -2.37. The van der Waals surface area contributed by atoms with E-state index in [2.05, 4.69) is 5.32 Å². The quantitative estimate of drug-likeness (QED) is 0.895. The van der Waals surface area contributed by atoms with E-state index in [1.54, 1.807) is 4.90 Å². The van der Waals surface area contributed by atoms with Crippen molar-refractivity contribution in [2.45, 2.75) is 50.7 Å². The summed E-state index contributed by atoms with van der Waals surface area (Å²) < 4.78 is 32.7. The predicted molar refractivity (Wildman–Crippen MR) is 86.8 cm³/mol. The number of amides is 2. The molecule has 0 bridgehead atoms. The highest BCUT2D eigenvalue weighted by Gasteiger charge is 2.28. The average Bonchev–Trinajstić information content (AvgIpc) is 2.54. The molecule has 0 radical (unpaired) electrons. The van der Waals surface area contributed by atoms with Crippen molar-refractivity contribution in [3.05, 3.63) is 35.4 Å². The van der Waals surface area contributed by atoms with Crippen LogP contribution in [0.25, 0.3) is 0 Å². The standard InChI is InChI=1S/C18H24F2N2O2/c19-14-6-7-17(20)13(11-14)8-9-21-18(23)22-10-2-5-16(12-22)24-15-3-1-4-15/h6-7,11,15-16H,1-5,8-10,12H2,(H,21,23). The van der Waals surface area contributed by atoms with Crippen LogP contribution in [0.3, 0.4) is 0 Å². The number of nitrogens with one attached hydrogen (secondary N) is 1. The Bertz CT molecular complexity index is 578. The first-order chi connectivity index (χ1) is 11.6. The highest BCUT2D eigenvalue weighted by atomic mass is 19.1. The summed E-state index contributed by atoms with van der Waals surface area (Å²) in [6, 6.07) is 3.21. The number of hydrogen-bond acceptors (Lipinski definition) is 2. The van der Waals surface area contributed by atoms with E-state index in [0.717, 1.165) is 37.8 Å². The Hall–Kier alpha value is -1.69. The van der Waals surface area contributed by atoms with Crippen LogP contribution in [0.1, 0.15) is 37.7 Å². The van der Waals surface area contributed by atoms with E-state index in [1.165, 1.54) is 12.5 Å². The highest BCUT2D eigenvalue weighted by molar-refractivity contribution is 5.74. The minimum atomic E-state index is -0.468. The monoisotopic (exact) mass is 338 g/mol. The van der Waals surface area contributed by atoms with E-state index in [-0.39, 0.29) is 30.7 Å². The van der Waals surface area contributed by atoms with E-state index in [1.807, 2.05) is 0 Å². The molecule has 1 aliphatic carbocycles. The van der Waals surface area contributed by atoms with E-state index >= 15 is 0 Å². The molecule has 1 aliphatic heterocycles. The third kappa shape index (κ3) is 4.44. The number of piperidine rings is 1. The summed E-state index contributed by atoms with van der Waals surface area (Å²) in [4.78, 5) is 14.0. The lowest BCUT2D eigenvalue weighted by molar-refractivity contribution is -0.0720. The number of ether oxygens (including phenoxy) is 1. The van der Waals surface area contributed by atoms with Gasteiger partial charge in [-0.1, -0.05) is 0 Å². The van der Waals surface area contributed by atoms with Crippen molar-refractivity contribution in [2.24, 2.45) is 0 Å². The van der Waals surface area contributed by atoms with Gasteiger partial charge in [0.15, 0.2) is 0 Å². The minimum absolute atomic E-state index is 0.121. The third-order valence-electron chi connectivity index (χ3n) is 4.78. The minimum Gasteiger partial charge on any atom is -0.373 e. The first kappa shape index (κ1) is 17.1. The molecule has 24 heavy (non-hydrogen) atoms. The van der Waals surface area contributed by atoms with Crippen LogP contribution in [-0.4, -0.2) is 42.8 Å². The van der Waals surface area contributed by atoms with E-state index < -0.39 is 11.6 Å². The first-order valence-corrected chi connectivity index (χ1v) is 8.74. The number of carbonyl (C=O) groups excluding carboxylic acids is 1. The molecule has 1 aromatic rings. The number of likely N-dealkylation sites (tertiary alicyclic amines) is 1. The smallest absolute Gasteiger partial charge is 0.317 e. The summed E-state index contributed by atoms with van der Waals surface area (Å²) in [7, 11) is 0. The molecule has 6 heteroatoms. The van der Waals surface area contributed by atoms with Crippen LogP contribution in [-0.2, 0) is 11.2 Å². The Balaban J connectivity index is 1.43. The first-order valence-electron chi connectivity index (χ1n) is 8.74. The van der Waals surface area contributed by atoms with Gasteiger partial charge in [0.25, 0.3) is 0 Å². The molecule has 0 aromatic heterocycles. The number of urea groups is 1. The predicted octanol–water partition coefficient (Wildman–Crippen LogP) is 3.25. The maximum Gasteiger partial charge on any atom is 0.317 e. The zero-order chi connectivity index (χ0) is 16.9. The van der Waals surface area contributed by atoms with E-state index in [0.29, 0.717) is 19.2 Å². The summed E-state index contributed by atoms with van der Waals surface area (Å²) in [6.45, 7) is 1.60. The van der Waals surface area contributed by atoms with E-state index in [4.69, 9.17) is 4.74 Å². The molecule has 2 aliphatic rings. The molecule has 1 saturated heterocycles. The van der Waals surface area contributed by atoms with Crippen LogP contribution < -0.4 is 5.32 Å². The number of rotatable bonds is 5. The van der Waals surface area contributed by atoms with Gasteiger partial charge in [0.1, 0.15) is 11.6 Å². The fourth-order valence-corrected chi connectivity index (χ4v) is 3.16. The molecule has 1 atom stereocenters. The lowest BCUT2D eigenvalue weighted by Crippen LogP contribution is -2.49. The van der Waals surface area contributed by atoms with Crippen LogP contribution in [0.2, 0.25) is 0 Å². The summed E-state index contributed by atoms with van der Waals surface area (Å²) in [5.74, 6) is -0.915. The number of halogens is 2. The molecule has 1 N–H and O–H groups in total. The van der Waals surface area contributed by atoms with Gasteiger partial charge in [0, 0.05) is 19.6 Å². The summed E-state index contributed by atoms with van der Waals surface area (Å²) in [5.41, 5.74) is 0.278. The molecule has 1 heterocycles. The van der Waals surface area contributed by atoms with Crippen LogP contribution in [0.4, 0.5) is 13.6 Å². The molecule has 2 fully saturated rings. The van der Waals surface area contributed by atoms with Crippen molar-refractivity contribution in [3.8, 4) is 0 Å². The number of carbonyl (C=O) groups is 1. The Morgan fingerprint density at radius 3 is 2.75 bits per heavy atom. The van der Waals surface area contributed by atoms with E-state index in [9.17, 15) is 13.6 Å². The van der Waals surface area contributed by atoms with Gasteiger partial charge in [-0.25, -0.2) is 13.6 Å². The number of nitrogens with zero attached hydrogens (tertiary/aromatic N) is 1. The third-order valence-corrected chi connectivity index (χ3v) is 4.78. The molecule has 0 spiro atoms. The number of hydrogen-bond donors (Lipinski definition) is 1. The zero-order valence-electron chi connectivity index (χ0n) is 13.8. The lowest BCUT2D eigenvalue weighted by atomic mass is 9.95. The van der Waals surface area contributed by atoms with Gasteiger partial charge >= 0.3 is 6.03 Å². The van der Waals surface area contributed by atoms with Crippen molar-refractivity contribution in [3.63, 3.8) is 0 Å². The fourth-order valence-electron chi connectivity index (χ4n) is 3.16. The second-order valence-corrected chi connectivity index (χ2v) is 6.62. The molecule has 2 amide bonds. The van der Waals surface area contributed by atoms with Crippen molar-refractivity contribution < 1.29 is 18.3 Å². The second kappa shape index (κ2) is 7.92. The van der Waals surface area contributed by atoms with Crippen LogP contribution in [0, 0.1) is 11.6 Å². The average molecular weight is 338 g/mol. The normalized spacial score (nSPS) is 21.4. The maximum atomic E-state index is 13.6. The van der Waals surface area contributed by atoms with Gasteiger partial charge in [0.05, 0.1) is 12.2 Å². The summed E-state index contributed by atoms with van der Waals surface area (Å²) in [6.07, 6.45) is 6.18. The molecule has 1 saturated carbocycles. The number of benzene rings is 1. The second-order valence-electron chi connectivity index (χ2n) is 6.62. The fraction of sp³-hybridized carbons (Fsp3) is 0.611. The van der Waals surface area contributed by atoms with Gasteiger partial charge in [-0.05, 0) is 62.3 Å². The van der Waals surface area contributed by atoms with Gasteiger partial charge in [0.2, 0.25) is 0 Å². The molecule has 1 aromatic carbocycles. The summed E-state index contributed by atoms with van der Waals surface area (Å²) in [5, 5.41) is 2.79. The Morgan fingerprint density at radius 1 is 1.21 bits per heavy atom. The van der Waals surface area contributed by atoms with Crippen LogP contribution in [0.15, 0.2) is 18.2 Å². The van der Waals surface area contributed by atoms with Gasteiger partial charge < -0.3 is 15.0 Å². The molecule has 3 rings (SSSR count). The molecular formula is C18H24F2N2O2. The SMILES string of the molecule is O=C(NCCc1cc(F)ccc1F)N1CCCC(OC2CCC2)C1. The van der Waals surface area contributed by atoms with Crippen molar-refractivity contribution >= 4 is 6.03 Å². The Kier molecular flexibility index (Phi) is 5.66. The highest BCUT2D eigenvalue weighted by Crippen LogP contribution is 2.26. The van der Waals surface area contributed by atoms with Crippen molar-refractivity contribution in [2.75, 3.05) is 19.6 Å². The van der Waals surface area contributed by atoms with Crippen LogP contribution >= 0.6 is 0 Å². The maximum absolute atomic E-state index is 13.6. The molecule has 4 nitrogen and oxygen atoms in total. The Labute approximate surface area is 141 Å². The van der Waals surface area contributed by atoms with Crippen LogP contribution in [0.5, 0.6) is 0 Å². The van der Waals surface area contributed by atoms with Gasteiger partial charge in [-0.3, -0.25) is 0 Å². The zero-order valence-corrected chi connectivity index (χ0v) is 13.8. The largest absolute Gasteiger partial charge is 0.373 e.